The standard InChI is InChI=1S/C15H20N2O/c1-10(16-2)8-12-9-17-13-6-5-11-4-3-7-18-15(11)14(12)13/h5-6,9-10,16-17H,3-4,7-8H2,1-2H3. The molecule has 1 aromatic heterocycles. The lowest BCUT2D eigenvalue weighted by Crippen LogP contribution is -2.23. The van der Waals surface area contributed by atoms with Gasteiger partial charge in [0, 0.05) is 23.1 Å². The van der Waals surface area contributed by atoms with Crippen molar-refractivity contribution >= 4 is 10.9 Å². The minimum absolute atomic E-state index is 0.475. The second-order valence-electron chi connectivity index (χ2n) is 5.14. The normalized spacial score (nSPS) is 16.3. The van der Waals surface area contributed by atoms with Gasteiger partial charge in [-0.3, -0.25) is 0 Å². The van der Waals surface area contributed by atoms with Crippen molar-refractivity contribution in [1.29, 1.82) is 0 Å². The average Bonchev–Trinajstić information content (AvgIpc) is 2.82. The number of rotatable bonds is 3. The van der Waals surface area contributed by atoms with Crippen LogP contribution in [0.15, 0.2) is 18.3 Å². The largest absolute Gasteiger partial charge is 0.493 e. The van der Waals surface area contributed by atoms with Gasteiger partial charge < -0.3 is 15.0 Å². The van der Waals surface area contributed by atoms with Crippen molar-refractivity contribution in [2.75, 3.05) is 13.7 Å². The number of likely N-dealkylation sites (N-methyl/N-ethyl adjacent to an activating group) is 1. The Labute approximate surface area is 108 Å². The van der Waals surface area contributed by atoms with Crippen LogP contribution in [-0.4, -0.2) is 24.7 Å². The topological polar surface area (TPSA) is 37.0 Å². The van der Waals surface area contributed by atoms with Crippen molar-refractivity contribution < 1.29 is 4.74 Å². The van der Waals surface area contributed by atoms with Gasteiger partial charge in [0.2, 0.25) is 0 Å². The van der Waals surface area contributed by atoms with Crippen LogP contribution in [0.25, 0.3) is 10.9 Å². The summed E-state index contributed by atoms with van der Waals surface area (Å²) in [5.41, 5.74) is 3.89. The molecule has 0 bridgehead atoms. The van der Waals surface area contributed by atoms with Gasteiger partial charge in [-0.25, -0.2) is 0 Å². The number of fused-ring (bicyclic) bond motifs is 3. The molecule has 1 aliphatic rings. The van der Waals surface area contributed by atoms with Crippen molar-refractivity contribution in [2.24, 2.45) is 0 Å². The van der Waals surface area contributed by atoms with E-state index in [0.717, 1.165) is 31.6 Å². The van der Waals surface area contributed by atoms with E-state index in [9.17, 15) is 0 Å². The molecular formula is C15H20N2O. The Hall–Kier alpha value is -1.48. The average molecular weight is 244 g/mol. The zero-order valence-corrected chi connectivity index (χ0v) is 11.0. The van der Waals surface area contributed by atoms with Gasteiger partial charge in [-0.2, -0.15) is 0 Å². The minimum Gasteiger partial charge on any atom is -0.493 e. The van der Waals surface area contributed by atoms with Crippen LogP contribution in [0.3, 0.4) is 0 Å². The lowest BCUT2D eigenvalue weighted by Gasteiger charge is -2.19. The molecule has 96 valence electrons. The molecule has 1 aliphatic heterocycles. The number of aryl methyl sites for hydroxylation is 1. The first-order valence-corrected chi connectivity index (χ1v) is 6.71. The van der Waals surface area contributed by atoms with E-state index in [0.29, 0.717) is 6.04 Å². The van der Waals surface area contributed by atoms with Crippen molar-refractivity contribution in [2.45, 2.75) is 32.2 Å². The Balaban J connectivity index is 2.09. The monoisotopic (exact) mass is 244 g/mol. The highest BCUT2D eigenvalue weighted by Crippen LogP contribution is 2.35. The summed E-state index contributed by atoms with van der Waals surface area (Å²) in [6, 6.07) is 4.85. The number of aromatic amines is 1. The van der Waals surface area contributed by atoms with Crippen LogP contribution in [0.4, 0.5) is 0 Å². The van der Waals surface area contributed by atoms with E-state index in [1.807, 2.05) is 7.05 Å². The molecule has 2 N–H and O–H groups in total. The van der Waals surface area contributed by atoms with Gasteiger partial charge in [-0.1, -0.05) is 6.07 Å². The van der Waals surface area contributed by atoms with Crippen molar-refractivity contribution in [1.82, 2.24) is 10.3 Å². The molecule has 3 nitrogen and oxygen atoms in total. The second kappa shape index (κ2) is 4.65. The van der Waals surface area contributed by atoms with E-state index >= 15 is 0 Å². The first-order chi connectivity index (χ1) is 8.79. The Kier molecular flexibility index (Phi) is 3.00. The fourth-order valence-corrected chi connectivity index (χ4v) is 2.69. The zero-order valence-electron chi connectivity index (χ0n) is 11.0. The predicted molar refractivity (Wildman–Crippen MR) is 74.3 cm³/mol. The van der Waals surface area contributed by atoms with E-state index in [-0.39, 0.29) is 0 Å². The number of hydrogen-bond acceptors (Lipinski definition) is 2. The maximum absolute atomic E-state index is 5.91. The molecule has 2 heterocycles. The zero-order chi connectivity index (χ0) is 12.5. The number of nitrogens with one attached hydrogen (secondary N) is 2. The van der Waals surface area contributed by atoms with E-state index in [1.54, 1.807) is 0 Å². The molecule has 1 atom stereocenters. The number of ether oxygens (including phenoxy) is 1. The second-order valence-corrected chi connectivity index (χ2v) is 5.14. The SMILES string of the molecule is CNC(C)Cc1c[nH]c2ccc3c(c12)OCCC3. The third-order valence-electron chi connectivity index (χ3n) is 3.82. The van der Waals surface area contributed by atoms with Gasteiger partial charge in [0.05, 0.1) is 6.61 Å². The first-order valence-electron chi connectivity index (χ1n) is 6.71. The smallest absolute Gasteiger partial charge is 0.132 e. The Bertz CT molecular complexity index is 559. The molecule has 1 aromatic carbocycles. The molecule has 0 saturated heterocycles. The van der Waals surface area contributed by atoms with E-state index in [1.165, 1.54) is 22.0 Å². The highest BCUT2D eigenvalue weighted by molar-refractivity contribution is 5.90. The van der Waals surface area contributed by atoms with Gasteiger partial charge in [0.1, 0.15) is 5.75 Å². The lowest BCUT2D eigenvalue weighted by molar-refractivity contribution is 0.292. The van der Waals surface area contributed by atoms with Crippen LogP contribution in [0, 0.1) is 0 Å². The molecule has 1 unspecified atom stereocenters. The summed E-state index contributed by atoms with van der Waals surface area (Å²) in [5.74, 6) is 1.11. The highest BCUT2D eigenvalue weighted by atomic mass is 16.5. The molecular weight excluding hydrogens is 224 g/mol. The molecule has 0 spiro atoms. The third-order valence-corrected chi connectivity index (χ3v) is 3.82. The number of hydrogen-bond donors (Lipinski definition) is 2. The molecule has 3 rings (SSSR count). The number of benzene rings is 1. The van der Waals surface area contributed by atoms with Crippen molar-refractivity contribution in [3.05, 3.63) is 29.5 Å². The molecule has 0 fully saturated rings. The summed E-state index contributed by atoms with van der Waals surface area (Å²) in [6.07, 6.45) is 5.41. The maximum atomic E-state index is 5.91. The van der Waals surface area contributed by atoms with Gasteiger partial charge in [-0.05, 0) is 50.4 Å². The quantitative estimate of drug-likeness (QED) is 0.871. The molecule has 3 heteroatoms. The number of H-pyrrole nitrogens is 1. The summed E-state index contributed by atoms with van der Waals surface area (Å²) >= 11 is 0. The molecule has 2 aromatic rings. The molecule has 18 heavy (non-hydrogen) atoms. The van der Waals surface area contributed by atoms with Crippen LogP contribution in [-0.2, 0) is 12.8 Å². The van der Waals surface area contributed by atoms with E-state index in [2.05, 4.69) is 35.6 Å². The van der Waals surface area contributed by atoms with Gasteiger partial charge in [0.25, 0.3) is 0 Å². The van der Waals surface area contributed by atoms with Crippen molar-refractivity contribution in [3.8, 4) is 5.75 Å². The summed E-state index contributed by atoms with van der Waals surface area (Å²) in [5, 5.41) is 4.58. The summed E-state index contributed by atoms with van der Waals surface area (Å²) < 4.78 is 5.91. The maximum Gasteiger partial charge on any atom is 0.132 e. The Morgan fingerprint density at radius 3 is 3.17 bits per heavy atom. The minimum atomic E-state index is 0.475. The third kappa shape index (κ3) is 1.89. The van der Waals surface area contributed by atoms with Crippen LogP contribution in [0.2, 0.25) is 0 Å². The summed E-state index contributed by atoms with van der Waals surface area (Å²) in [6.45, 7) is 3.05. The van der Waals surface area contributed by atoms with Crippen LogP contribution in [0.1, 0.15) is 24.5 Å². The Morgan fingerprint density at radius 1 is 1.44 bits per heavy atom. The molecule has 0 amide bonds. The molecule has 0 radical (unpaired) electrons. The fourth-order valence-electron chi connectivity index (χ4n) is 2.69. The van der Waals surface area contributed by atoms with Crippen LogP contribution in [0.5, 0.6) is 5.75 Å². The fraction of sp³-hybridized carbons (Fsp3) is 0.467. The van der Waals surface area contributed by atoms with E-state index < -0.39 is 0 Å². The highest BCUT2D eigenvalue weighted by Gasteiger charge is 2.18. The van der Waals surface area contributed by atoms with Crippen LogP contribution >= 0.6 is 0 Å². The van der Waals surface area contributed by atoms with E-state index in [4.69, 9.17) is 4.74 Å². The van der Waals surface area contributed by atoms with Gasteiger partial charge >= 0.3 is 0 Å². The summed E-state index contributed by atoms with van der Waals surface area (Å²) in [7, 11) is 2.01. The first kappa shape index (κ1) is 11.6. The molecule has 0 saturated carbocycles. The van der Waals surface area contributed by atoms with Gasteiger partial charge in [-0.15, -0.1) is 0 Å². The van der Waals surface area contributed by atoms with Crippen LogP contribution < -0.4 is 10.1 Å². The lowest BCUT2D eigenvalue weighted by atomic mass is 9.99. The Morgan fingerprint density at radius 2 is 2.33 bits per heavy atom. The predicted octanol–water partition coefficient (Wildman–Crippen LogP) is 2.64. The van der Waals surface area contributed by atoms with Crippen molar-refractivity contribution in [3.63, 3.8) is 0 Å². The van der Waals surface area contributed by atoms with Gasteiger partial charge in [0.15, 0.2) is 0 Å². The summed E-state index contributed by atoms with van der Waals surface area (Å²) in [4.78, 5) is 3.36. The number of aromatic nitrogens is 1. The molecule has 0 aliphatic carbocycles.